The second kappa shape index (κ2) is 13.7. The van der Waals surface area contributed by atoms with E-state index in [9.17, 15) is 24.0 Å². The summed E-state index contributed by atoms with van der Waals surface area (Å²) in [7, 11) is 1.13. The van der Waals surface area contributed by atoms with Crippen molar-refractivity contribution >= 4 is 35.9 Å². The smallest absolute Gasteiger partial charge is 0.408 e. The number of nitrogens with one attached hydrogen (secondary N) is 4. The summed E-state index contributed by atoms with van der Waals surface area (Å²) >= 11 is 0. The van der Waals surface area contributed by atoms with Crippen LogP contribution in [0.2, 0.25) is 0 Å². The second-order valence-corrected chi connectivity index (χ2v) is 9.03. The Labute approximate surface area is 210 Å². The molecule has 11 nitrogen and oxygen atoms in total. The van der Waals surface area contributed by atoms with E-state index < -0.39 is 48.0 Å². The highest BCUT2D eigenvalue weighted by atomic mass is 16.6. The van der Waals surface area contributed by atoms with Gasteiger partial charge in [0.25, 0.3) is 5.91 Å². The van der Waals surface area contributed by atoms with E-state index >= 15 is 0 Å². The molecule has 1 aromatic carbocycles. The minimum absolute atomic E-state index is 0.192. The molecule has 0 radical (unpaired) electrons. The fourth-order valence-electron chi connectivity index (χ4n) is 2.69. The van der Waals surface area contributed by atoms with Crippen molar-refractivity contribution in [2.24, 2.45) is 5.92 Å². The quantitative estimate of drug-likeness (QED) is 0.280. The van der Waals surface area contributed by atoms with Gasteiger partial charge in [0.1, 0.15) is 29.6 Å². The van der Waals surface area contributed by atoms with Gasteiger partial charge in [-0.05, 0) is 38.3 Å². The molecule has 0 aromatic heterocycles. The van der Waals surface area contributed by atoms with E-state index in [0.29, 0.717) is 5.56 Å². The molecule has 4 N–H and O–H groups in total. The van der Waals surface area contributed by atoms with Gasteiger partial charge < -0.3 is 30.7 Å². The molecule has 0 spiro atoms. The Balaban J connectivity index is 3.00. The number of hydrogen-bond acceptors (Lipinski definition) is 7. The third kappa shape index (κ3) is 10.9. The maximum Gasteiger partial charge on any atom is 0.408 e. The highest BCUT2D eigenvalue weighted by Gasteiger charge is 2.27. The molecule has 1 aromatic rings. The van der Waals surface area contributed by atoms with Crippen molar-refractivity contribution in [1.29, 1.82) is 0 Å². The van der Waals surface area contributed by atoms with E-state index in [1.54, 1.807) is 65.0 Å². The molecule has 0 aliphatic heterocycles. The van der Waals surface area contributed by atoms with Crippen LogP contribution in [0.15, 0.2) is 48.3 Å². The monoisotopic (exact) mass is 502 g/mol. The number of esters is 1. The third-order valence-electron chi connectivity index (χ3n) is 4.37. The van der Waals surface area contributed by atoms with E-state index in [-0.39, 0.29) is 17.3 Å². The molecule has 0 bridgehead atoms. The molecular weight excluding hydrogens is 468 g/mol. The molecule has 0 aliphatic rings. The van der Waals surface area contributed by atoms with Gasteiger partial charge in [-0.2, -0.15) is 0 Å². The SMILES string of the molecule is C=C(NC(=O)/C(=C\c1ccccc1)NC(=O)[C@@H](NC(=O)CNC(=O)OC(C)(C)C)C(C)C)C(=O)OC. The number of amides is 4. The molecule has 4 amide bonds. The van der Waals surface area contributed by atoms with Crippen LogP contribution in [0.5, 0.6) is 0 Å². The zero-order valence-corrected chi connectivity index (χ0v) is 21.4. The summed E-state index contributed by atoms with van der Waals surface area (Å²) in [6, 6.07) is 7.63. The van der Waals surface area contributed by atoms with Crippen molar-refractivity contribution in [2.45, 2.75) is 46.3 Å². The number of ether oxygens (including phenoxy) is 2. The molecule has 196 valence electrons. The average Bonchev–Trinajstić information content (AvgIpc) is 2.79. The Morgan fingerprint density at radius 1 is 1.03 bits per heavy atom. The number of rotatable bonds is 10. The molecular formula is C25H34N4O7. The predicted molar refractivity (Wildman–Crippen MR) is 133 cm³/mol. The lowest BCUT2D eigenvalue weighted by Crippen LogP contribution is -2.52. The fourth-order valence-corrected chi connectivity index (χ4v) is 2.69. The van der Waals surface area contributed by atoms with Crippen molar-refractivity contribution in [2.75, 3.05) is 13.7 Å². The molecule has 0 heterocycles. The number of alkyl carbamates (subject to hydrolysis) is 1. The Morgan fingerprint density at radius 2 is 1.64 bits per heavy atom. The maximum absolute atomic E-state index is 13.1. The van der Waals surface area contributed by atoms with E-state index in [1.165, 1.54) is 6.08 Å². The predicted octanol–water partition coefficient (Wildman–Crippen LogP) is 1.61. The summed E-state index contributed by atoms with van der Waals surface area (Å²) in [4.78, 5) is 61.7. The Morgan fingerprint density at radius 3 is 2.17 bits per heavy atom. The van der Waals surface area contributed by atoms with Gasteiger partial charge in [0.15, 0.2) is 0 Å². The number of methoxy groups -OCH3 is 1. The van der Waals surface area contributed by atoms with Crippen molar-refractivity contribution in [3.63, 3.8) is 0 Å². The van der Waals surface area contributed by atoms with Crippen molar-refractivity contribution in [1.82, 2.24) is 21.3 Å². The lowest BCUT2D eigenvalue weighted by atomic mass is 10.0. The summed E-state index contributed by atoms with van der Waals surface area (Å²) in [6.07, 6.45) is 0.625. The van der Waals surface area contributed by atoms with Gasteiger partial charge in [-0.25, -0.2) is 9.59 Å². The summed E-state index contributed by atoms with van der Waals surface area (Å²) in [5.74, 6) is -3.36. The zero-order valence-electron chi connectivity index (χ0n) is 21.4. The van der Waals surface area contributed by atoms with Gasteiger partial charge in [0.05, 0.1) is 7.11 Å². The number of hydrogen-bond donors (Lipinski definition) is 4. The highest BCUT2D eigenvalue weighted by molar-refractivity contribution is 6.06. The molecule has 0 unspecified atom stereocenters. The van der Waals surface area contributed by atoms with Crippen molar-refractivity contribution in [3.8, 4) is 0 Å². The standard InChI is InChI=1S/C25H34N4O7/c1-15(2)20(29-19(30)14-26-24(34)36-25(4,5)6)22(32)28-18(13-17-11-9-8-10-12-17)21(31)27-16(3)23(33)35-7/h8-13,15,20H,3,14H2,1-2,4-7H3,(H,26,34)(H,27,31)(H,28,32)(H,29,30)/b18-13+/t20-/m0/s1. The van der Waals surface area contributed by atoms with Crippen LogP contribution in [-0.4, -0.2) is 55.1 Å². The minimum atomic E-state index is -1.05. The first-order valence-electron chi connectivity index (χ1n) is 11.2. The Hall–Kier alpha value is -4.15. The summed E-state index contributed by atoms with van der Waals surface area (Å²) in [5.41, 5.74) is -0.652. The van der Waals surface area contributed by atoms with Gasteiger partial charge in [-0.15, -0.1) is 0 Å². The van der Waals surface area contributed by atoms with Crippen LogP contribution < -0.4 is 21.3 Å². The topological polar surface area (TPSA) is 152 Å². The molecule has 0 saturated carbocycles. The van der Waals surface area contributed by atoms with Crippen molar-refractivity contribution < 1.29 is 33.4 Å². The lowest BCUT2D eigenvalue weighted by molar-refractivity contribution is -0.137. The first kappa shape index (κ1) is 29.9. The zero-order chi connectivity index (χ0) is 27.5. The van der Waals surface area contributed by atoms with Crippen LogP contribution >= 0.6 is 0 Å². The van der Waals surface area contributed by atoms with Crippen LogP contribution in [0, 0.1) is 5.92 Å². The fraction of sp³-hybridized carbons (Fsp3) is 0.400. The first-order chi connectivity index (χ1) is 16.7. The van der Waals surface area contributed by atoms with Gasteiger partial charge in [0.2, 0.25) is 11.8 Å². The number of carbonyl (C=O) groups excluding carboxylic acids is 5. The van der Waals surface area contributed by atoms with Gasteiger partial charge in [-0.3, -0.25) is 14.4 Å². The molecule has 36 heavy (non-hydrogen) atoms. The Kier molecular flexibility index (Phi) is 11.3. The lowest BCUT2D eigenvalue weighted by Gasteiger charge is -2.23. The summed E-state index contributed by atoms with van der Waals surface area (Å²) in [5, 5.41) is 9.63. The molecule has 1 atom stereocenters. The summed E-state index contributed by atoms with van der Waals surface area (Å²) < 4.78 is 9.60. The van der Waals surface area contributed by atoms with Crippen LogP contribution in [0.1, 0.15) is 40.2 Å². The Bertz CT molecular complexity index is 1010. The van der Waals surface area contributed by atoms with Crippen LogP contribution in [0.25, 0.3) is 6.08 Å². The maximum atomic E-state index is 13.1. The van der Waals surface area contributed by atoms with E-state index in [4.69, 9.17) is 4.74 Å². The third-order valence-corrected chi connectivity index (χ3v) is 4.37. The molecule has 0 aliphatic carbocycles. The number of carbonyl (C=O) groups is 5. The molecule has 0 fully saturated rings. The summed E-state index contributed by atoms with van der Waals surface area (Å²) in [6.45, 7) is 11.5. The minimum Gasteiger partial charge on any atom is -0.464 e. The molecule has 11 heteroatoms. The highest BCUT2D eigenvalue weighted by Crippen LogP contribution is 2.09. The van der Waals surface area contributed by atoms with E-state index in [2.05, 4.69) is 32.6 Å². The van der Waals surface area contributed by atoms with E-state index in [0.717, 1.165) is 7.11 Å². The van der Waals surface area contributed by atoms with Crippen LogP contribution in [0.3, 0.4) is 0 Å². The van der Waals surface area contributed by atoms with Gasteiger partial charge in [-0.1, -0.05) is 50.8 Å². The van der Waals surface area contributed by atoms with Gasteiger partial charge >= 0.3 is 12.1 Å². The van der Waals surface area contributed by atoms with Crippen LogP contribution in [0.4, 0.5) is 4.79 Å². The van der Waals surface area contributed by atoms with Gasteiger partial charge in [0, 0.05) is 0 Å². The molecule has 0 saturated heterocycles. The largest absolute Gasteiger partial charge is 0.464 e. The van der Waals surface area contributed by atoms with Crippen LogP contribution in [-0.2, 0) is 28.7 Å². The average molecular weight is 503 g/mol. The van der Waals surface area contributed by atoms with Crippen molar-refractivity contribution in [3.05, 3.63) is 53.9 Å². The normalized spacial score (nSPS) is 12.1. The van der Waals surface area contributed by atoms with E-state index in [1.807, 2.05) is 0 Å². The number of benzene rings is 1. The first-order valence-corrected chi connectivity index (χ1v) is 11.2. The second-order valence-electron chi connectivity index (χ2n) is 9.03. The molecule has 1 rings (SSSR count).